The number of hydrogen-bond acceptors (Lipinski definition) is 6. The summed E-state index contributed by atoms with van der Waals surface area (Å²) in [4.78, 5) is 12.4. The Morgan fingerprint density at radius 3 is 2.70 bits per heavy atom. The molecule has 1 aromatic heterocycles. The lowest BCUT2D eigenvalue weighted by atomic mass is 10.0. The zero-order valence-electron chi connectivity index (χ0n) is 13.0. The molecule has 128 valence electrons. The van der Waals surface area contributed by atoms with Gasteiger partial charge in [0.25, 0.3) is 0 Å². The molecule has 10 heteroatoms. The van der Waals surface area contributed by atoms with Crippen molar-refractivity contribution in [3.05, 3.63) is 5.82 Å². The normalized spacial score (nSPS) is 22.5. The number of carbonyl (C=O) groups excluding carboxylic acids is 1. The number of nitrogens with one attached hydrogen (secondary N) is 1. The number of aromatic nitrogens is 4. The molecular weight excluding hydrogens is 320 g/mol. The van der Waals surface area contributed by atoms with Gasteiger partial charge in [-0.2, -0.15) is 0 Å². The van der Waals surface area contributed by atoms with Gasteiger partial charge >= 0.3 is 0 Å². The molecule has 1 atom stereocenters. The fourth-order valence-corrected chi connectivity index (χ4v) is 4.56. The number of tetrazole rings is 1. The summed E-state index contributed by atoms with van der Waals surface area (Å²) >= 11 is 0. The summed E-state index contributed by atoms with van der Waals surface area (Å²) in [6, 6.07) is 0. The van der Waals surface area contributed by atoms with Crippen LogP contribution in [0.15, 0.2) is 0 Å². The van der Waals surface area contributed by atoms with E-state index in [-0.39, 0.29) is 18.2 Å². The van der Waals surface area contributed by atoms with E-state index in [9.17, 15) is 13.2 Å². The van der Waals surface area contributed by atoms with Gasteiger partial charge in [0, 0.05) is 26.2 Å². The van der Waals surface area contributed by atoms with Crippen molar-refractivity contribution in [3.8, 4) is 0 Å². The summed E-state index contributed by atoms with van der Waals surface area (Å²) in [7, 11) is -3.27. The minimum Gasteiger partial charge on any atom is -0.354 e. The van der Waals surface area contributed by atoms with E-state index in [0.717, 1.165) is 32.2 Å². The Morgan fingerprint density at radius 2 is 1.91 bits per heavy atom. The maximum atomic E-state index is 12.4. The van der Waals surface area contributed by atoms with Gasteiger partial charge in [-0.3, -0.25) is 4.79 Å². The van der Waals surface area contributed by atoms with Crippen LogP contribution in [-0.2, 0) is 21.4 Å². The third kappa shape index (κ3) is 3.69. The van der Waals surface area contributed by atoms with Crippen LogP contribution in [0, 0.1) is 0 Å². The predicted molar refractivity (Wildman–Crippen MR) is 82.0 cm³/mol. The number of aryl methyl sites for hydroxylation is 1. The van der Waals surface area contributed by atoms with Crippen LogP contribution in [0.5, 0.6) is 0 Å². The predicted octanol–water partition coefficient (Wildman–Crippen LogP) is -0.518. The molecule has 1 saturated heterocycles. The average Bonchev–Trinajstić information content (AvgIpc) is 3.16. The molecule has 1 N–H and O–H groups in total. The number of sulfonamides is 1. The van der Waals surface area contributed by atoms with Gasteiger partial charge in [-0.15, -0.1) is 5.10 Å². The summed E-state index contributed by atoms with van der Waals surface area (Å²) < 4.78 is 27.5. The van der Waals surface area contributed by atoms with Gasteiger partial charge in [0.15, 0.2) is 5.82 Å². The second-order valence-corrected chi connectivity index (χ2v) is 8.11. The smallest absolute Gasteiger partial charge is 0.230 e. The van der Waals surface area contributed by atoms with Crippen molar-refractivity contribution in [1.29, 1.82) is 0 Å². The quantitative estimate of drug-likeness (QED) is 0.771. The highest BCUT2D eigenvalue weighted by Crippen LogP contribution is 2.23. The van der Waals surface area contributed by atoms with Crippen LogP contribution >= 0.6 is 0 Å². The lowest BCUT2D eigenvalue weighted by Crippen LogP contribution is -2.38. The first-order valence-corrected chi connectivity index (χ1v) is 9.70. The van der Waals surface area contributed by atoms with E-state index in [0.29, 0.717) is 25.3 Å². The number of amides is 1. The highest BCUT2D eigenvalue weighted by Gasteiger charge is 2.29. The number of rotatable bonds is 5. The molecule has 1 unspecified atom stereocenters. The molecule has 1 aromatic rings. The summed E-state index contributed by atoms with van der Waals surface area (Å²) in [6.07, 6.45) is 4.36. The molecule has 3 rings (SSSR count). The standard InChI is InChI=1S/C13H22N6O3S/c20-13(11-5-1-2-9-19-12(11)15-16-17-19)14-6-10-23(21,22)18-7-3-4-8-18/h11H,1-10H2,(H,14,20). The number of carbonyl (C=O) groups is 1. The van der Waals surface area contributed by atoms with Gasteiger partial charge in [0.1, 0.15) is 0 Å². The monoisotopic (exact) mass is 342 g/mol. The van der Waals surface area contributed by atoms with Crippen LogP contribution in [0.1, 0.15) is 43.8 Å². The molecule has 0 saturated carbocycles. The first-order valence-electron chi connectivity index (χ1n) is 8.09. The van der Waals surface area contributed by atoms with Gasteiger partial charge in [0.2, 0.25) is 15.9 Å². The van der Waals surface area contributed by atoms with Crippen LogP contribution in [0.2, 0.25) is 0 Å². The van der Waals surface area contributed by atoms with Crippen molar-refractivity contribution in [3.63, 3.8) is 0 Å². The zero-order chi connectivity index (χ0) is 16.3. The molecule has 9 nitrogen and oxygen atoms in total. The summed E-state index contributed by atoms with van der Waals surface area (Å²) in [6.45, 7) is 2.02. The van der Waals surface area contributed by atoms with Crippen LogP contribution < -0.4 is 5.32 Å². The third-order valence-corrected chi connectivity index (χ3v) is 6.29. The minimum atomic E-state index is -3.27. The van der Waals surface area contributed by atoms with E-state index in [1.54, 1.807) is 4.68 Å². The molecule has 0 radical (unpaired) electrons. The third-order valence-electron chi connectivity index (χ3n) is 4.42. The summed E-state index contributed by atoms with van der Waals surface area (Å²) in [5.74, 6) is -0.0832. The summed E-state index contributed by atoms with van der Waals surface area (Å²) in [5.41, 5.74) is 0. The fourth-order valence-electron chi connectivity index (χ4n) is 3.13. The van der Waals surface area contributed by atoms with E-state index in [4.69, 9.17) is 0 Å². The van der Waals surface area contributed by atoms with Crippen molar-refractivity contribution in [2.45, 2.75) is 44.6 Å². The molecule has 3 heterocycles. The minimum absolute atomic E-state index is 0.0591. The van der Waals surface area contributed by atoms with Crippen molar-refractivity contribution in [2.24, 2.45) is 0 Å². The van der Waals surface area contributed by atoms with Crippen molar-refractivity contribution in [1.82, 2.24) is 29.8 Å². The molecule has 0 spiro atoms. The highest BCUT2D eigenvalue weighted by molar-refractivity contribution is 7.89. The molecule has 2 aliphatic rings. The highest BCUT2D eigenvalue weighted by atomic mass is 32.2. The average molecular weight is 342 g/mol. The van der Waals surface area contributed by atoms with Gasteiger partial charge in [-0.1, -0.05) is 6.42 Å². The van der Waals surface area contributed by atoms with Crippen LogP contribution in [0.25, 0.3) is 0 Å². The van der Waals surface area contributed by atoms with E-state index in [2.05, 4.69) is 20.8 Å². The topological polar surface area (TPSA) is 110 Å². The molecular formula is C13H22N6O3S. The van der Waals surface area contributed by atoms with Crippen molar-refractivity contribution in [2.75, 3.05) is 25.4 Å². The molecule has 0 aliphatic carbocycles. The second-order valence-electron chi connectivity index (χ2n) is 6.02. The number of fused-ring (bicyclic) bond motifs is 1. The van der Waals surface area contributed by atoms with E-state index >= 15 is 0 Å². The maximum Gasteiger partial charge on any atom is 0.230 e. The van der Waals surface area contributed by atoms with E-state index in [1.165, 1.54) is 4.31 Å². The van der Waals surface area contributed by atoms with Crippen molar-refractivity contribution >= 4 is 15.9 Å². The molecule has 2 aliphatic heterocycles. The Kier molecular flexibility index (Phi) is 4.90. The van der Waals surface area contributed by atoms with Gasteiger partial charge in [-0.25, -0.2) is 17.4 Å². The SMILES string of the molecule is O=C(NCCS(=O)(=O)N1CCCC1)C1CCCCn2nnnc21. The van der Waals surface area contributed by atoms with Crippen LogP contribution in [0.4, 0.5) is 0 Å². The first kappa shape index (κ1) is 16.3. The zero-order valence-corrected chi connectivity index (χ0v) is 13.8. The Bertz CT molecular complexity index is 652. The Morgan fingerprint density at radius 1 is 1.17 bits per heavy atom. The number of nitrogens with zero attached hydrogens (tertiary/aromatic N) is 5. The first-order chi connectivity index (χ1) is 11.1. The lowest BCUT2D eigenvalue weighted by molar-refractivity contribution is -0.122. The van der Waals surface area contributed by atoms with Gasteiger partial charge in [-0.05, 0) is 36.1 Å². The summed E-state index contributed by atoms with van der Waals surface area (Å²) in [5, 5.41) is 14.2. The molecule has 1 fully saturated rings. The Hall–Kier alpha value is -1.55. The Labute approximate surface area is 135 Å². The largest absolute Gasteiger partial charge is 0.354 e. The fraction of sp³-hybridized carbons (Fsp3) is 0.846. The Balaban J connectivity index is 1.56. The molecule has 23 heavy (non-hydrogen) atoms. The molecule has 0 aromatic carbocycles. The van der Waals surface area contributed by atoms with Crippen molar-refractivity contribution < 1.29 is 13.2 Å². The lowest BCUT2D eigenvalue weighted by Gasteiger charge is -2.17. The van der Waals surface area contributed by atoms with Gasteiger partial charge < -0.3 is 5.32 Å². The van der Waals surface area contributed by atoms with Crippen LogP contribution in [0.3, 0.4) is 0 Å². The van der Waals surface area contributed by atoms with E-state index < -0.39 is 15.9 Å². The van der Waals surface area contributed by atoms with Gasteiger partial charge in [0.05, 0.1) is 11.7 Å². The molecule has 0 bridgehead atoms. The van der Waals surface area contributed by atoms with E-state index in [1.807, 2.05) is 0 Å². The van der Waals surface area contributed by atoms with Crippen LogP contribution in [-0.4, -0.2) is 64.2 Å². The number of hydrogen-bond donors (Lipinski definition) is 1. The molecule has 1 amide bonds. The maximum absolute atomic E-state index is 12.4. The second kappa shape index (κ2) is 6.91.